The van der Waals surface area contributed by atoms with E-state index in [1.54, 1.807) is 0 Å². The van der Waals surface area contributed by atoms with Gasteiger partial charge in [-0.2, -0.15) is 0 Å². The molecule has 1 nitrogen and oxygen atoms in total. The summed E-state index contributed by atoms with van der Waals surface area (Å²) in [5.74, 6) is 0. The van der Waals surface area contributed by atoms with Gasteiger partial charge in [-0.25, -0.2) is 0 Å². The van der Waals surface area contributed by atoms with Gasteiger partial charge in [0.2, 0.25) is 0 Å². The van der Waals surface area contributed by atoms with Gasteiger partial charge in [-0.15, -0.1) is 0 Å². The number of unbranched alkanes of at least 4 members (excludes halogenated alkanes) is 2. The molecular formula is C10H24ClN. The molecule has 0 aromatic carbocycles. The van der Waals surface area contributed by atoms with Crippen molar-refractivity contribution in [1.82, 2.24) is 0 Å². The Balaban J connectivity index is 0. The van der Waals surface area contributed by atoms with Crippen LogP contribution in [0.15, 0.2) is 0 Å². The second-order valence-electron chi connectivity index (χ2n) is 4.09. The summed E-state index contributed by atoms with van der Waals surface area (Å²) in [6.45, 7) is 7.21. The van der Waals surface area contributed by atoms with Crippen molar-refractivity contribution in [2.24, 2.45) is 0 Å². The van der Waals surface area contributed by atoms with Crippen LogP contribution >= 0.6 is 0 Å². The maximum atomic E-state index is 2.34. The van der Waals surface area contributed by atoms with Crippen molar-refractivity contribution >= 4 is 0 Å². The van der Waals surface area contributed by atoms with Gasteiger partial charge in [0.1, 0.15) is 0 Å². The molecule has 0 aliphatic rings. The lowest BCUT2D eigenvalue weighted by Gasteiger charge is -2.29. The average molecular weight is 194 g/mol. The summed E-state index contributed by atoms with van der Waals surface area (Å²) in [6.07, 6.45) is 5.40. The van der Waals surface area contributed by atoms with Crippen LogP contribution in [0, 0.1) is 0 Å². The van der Waals surface area contributed by atoms with Gasteiger partial charge in [0, 0.05) is 0 Å². The van der Waals surface area contributed by atoms with Gasteiger partial charge in [0.05, 0.1) is 27.2 Å². The zero-order valence-corrected chi connectivity index (χ0v) is 9.82. The van der Waals surface area contributed by atoms with Crippen molar-refractivity contribution < 1.29 is 16.9 Å². The Morgan fingerprint density at radius 2 is 1.17 bits per heavy atom. The van der Waals surface area contributed by atoms with Gasteiger partial charge in [0.25, 0.3) is 0 Å². The molecular weight excluding hydrogens is 170 g/mol. The molecule has 0 radical (unpaired) electrons. The van der Waals surface area contributed by atoms with Crippen LogP contribution in [0.2, 0.25) is 0 Å². The van der Waals surface area contributed by atoms with Crippen LogP contribution in [0.5, 0.6) is 0 Å². The Kier molecular flexibility index (Phi) is 9.69. The number of hydrogen-bond donors (Lipinski definition) is 0. The van der Waals surface area contributed by atoms with Crippen LogP contribution in [0.3, 0.4) is 0 Å². The van der Waals surface area contributed by atoms with E-state index in [2.05, 4.69) is 27.9 Å². The molecule has 2 heteroatoms. The standard InChI is InChI=1S/C10H24N.ClH/c1-5-7-9-11(3,4)10-8-6-2;/h5-10H2,1-4H3;1H/q+1;/p-1. The second-order valence-corrected chi connectivity index (χ2v) is 4.09. The molecule has 0 aliphatic carbocycles. The van der Waals surface area contributed by atoms with Gasteiger partial charge in [-0.1, -0.05) is 26.7 Å². The fourth-order valence-electron chi connectivity index (χ4n) is 1.28. The number of nitrogens with zero attached hydrogens (tertiary/aromatic N) is 1. The summed E-state index contributed by atoms with van der Waals surface area (Å²) in [6, 6.07) is 0. The van der Waals surface area contributed by atoms with E-state index >= 15 is 0 Å². The summed E-state index contributed by atoms with van der Waals surface area (Å²) < 4.78 is 1.21. The van der Waals surface area contributed by atoms with Gasteiger partial charge in [-0.05, 0) is 12.8 Å². The molecule has 0 aliphatic heterocycles. The molecule has 0 bridgehead atoms. The summed E-state index contributed by atoms with van der Waals surface area (Å²) >= 11 is 0. The maximum Gasteiger partial charge on any atom is 0.0782 e. The Morgan fingerprint density at radius 3 is 1.42 bits per heavy atom. The molecule has 76 valence electrons. The molecule has 0 spiro atoms. The monoisotopic (exact) mass is 193 g/mol. The van der Waals surface area contributed by atoms with E-state index in [1.165, 1.54) is 43.3 Å². The molecule has 0 amide bonds. The molecule has 0 unspecified atom stereocenters. The highest BCUT2D eigenvalue weighted by molar-refractivity contribution is 4.37. The zero-order chi connectivity index (χ0) is 8.74. The first kappa shape index (κ1) is 14.8. The molecule has 0 aromatic heterocycles. The first-order valence-electron chi connectivity index (χ1n) is 4.94. The Bertz CT molecular complexity index is 81.8. The highest BCUT2D eigenvalue weighted by Crippen LogP contribution is 2.03. The minimum Gasteiger partial charge on any atom is -1.00 e. The van der Waals surface area contributed by atoms with Gasteiger partial charge < -0.3 is 16.9 Å². The van der Waals surface area contributed by atoms with Gasteiger partial charge in [-0.3, -0.25) is 0 Å². The van der Waals surface area contributed by atoms with E-state index in [1.807, 2.05) is 0 Å². The van der Waals surface area contributed by atoms with Crippen molar-refractivity contribution in [1.29, 1.82) is 0 Å². The summed E-state index contributed by atoms with van der Waals surface area (Å²) in [4.78, 5) is 0. The van der Waals surface area contributed by atoms with Crippen LogP contribution in [0.25, 0.3) is 0 Å². The van der Waals surface area contributed by atoms with Gasteiger partial charge in [0.15, 0.2) is 0 Å². The minimum absolute atomic E-state index is 0. The third-order valence-electron chi connectivity index (χ3n) is 2.23. The quantitative estimate of drug-likeness (QED) is 0.507. The van der Waals surface area contributed by atoms with E-state index in [0.29, 0.717) is 0 Å². The topological polar surface area (TPSA) is 0 Å². The predicted octanol–water partition coefficient (Wildman–Crippen LogP) is -0.333. The van der Waals surface area contributed by atoms with Crippen molar-refractivity contribution in [3.63, 3.8) is 0 Å². The van der Waals surface area contributed by atoms with Crippen LogP contribution in [0.4, 0.5) is 0 Å². The third-order valence-corrected chi connectivity index (χ3v) is 2.23. The fraction of sp³-hybridized carbons (Fsp3) is 1.00. The second kappa shape index (κ2) is 7.88. The molecule has 0 atom stereocenters. The number of quaternary nitrogens is 1. The molecule has 0 saturated heterocycles. The van der Waals surface area contributed by atoms with Crippen LogP contribution < -0.4 is 12.4 Å². The van der Waals surface area contributed by atoms with Gasteiger partial charge >= 0.3 is 0 Å². The van der Waals surface area contributed by atoms with E-state index in [4.69, 9.17) is 0 Å². The third kappa shape index (κ3) is 8.35. The predicted molar refractivity (Wildman–Crippen MR) is 51.7 cm³/mol. The maximum absolute atomic E-state index is 2.34. The lowest BCUT2D eigenvalue weighted by molar-refractivity contribution is -0.890. The first-order valence-corrected chi connectivity index (χ1v) is 4.94. The van der Waals surface area contributed by atoms with Crippen molar-refractivity contribution in [3.05, 3.63) is 0 Å². The molecule has 12 heavy (non-hydrogen) atoms. The Morgan fingerprint density at radius 1 is 0.833 bits per heavy atom. The normalized spacial score (nSPS) is 11.0. The molecule has 0 N–H and O–H groups in total. The lowest BCUT2D eigenvalue weighted by atomic mass is 10.2. The highest BCUT2D eigenvalue weighted by Gasteiger charge is 2.11. The molecule has 0 fully saturated rings. The van der Waals surface area contributed by atoms with E-state index in [0.717, 1.165) is 0 Å². The number of rotatable bonds is 6. The summed E-state index contributed by atoms with van der Waals surface area (Å²) in [5, 5.41) is 0. The molecule has 0 heterocycles. The van der Waals surface area contributed by atoms with Crippen molar-refractivity contribution in [3.8, 4) is 0 Å². The van der Waals surface area contributed by atoms with Crippen molar-refractivity contribution in [2.75, 3.05) is 27.2 Å². The van der Waals surface area contributed by atoms with Crippen LogP contribution in [-0.2, 0) is 0 Å². The van der Waals surface area contributed by atoms with E-state index in [9.17, 15) is 0 Å². The minimum atomic E-state index is 0. The smallest absolute Gasteiger partial charge is 0.0782 e. The Hall–Kier alpha value is 0.250. The number of hydrogen-bond acceptors (Lipinski definition) is 0. The highest BCUT2D eigenvalue weighted by atomic mass is 35.5. The zero-order valence-electron chi connectivity index (χ0n) is 9.07. The Labute approximate surface area is 84.1 Å². The van der Waals surface area contributed by atoms with Crippen molar-refractivity contribution in [2.45, 2.75) is 39.5 Å². The van der Waals surface area contributed by atoms with E-state index in [-0.39, 0.29) is 12.4 Å². The average Bonchev–Trinajstić information content (AvgIpc) is 1.97. The first-order chi connectivity index (χ1) is 5.12. The SMILES string of the molecule is CCCC[N+](C)(C)CCCC.[Cl-]. The number of halogens is 1. The van der Waals surface area contributed by atoms with E-state index < -0.39 is 0 Å². The lowest BCUT2D eigenvalue weighted by Crippen LogP contribution is -3.00. The fourth-order valence-corrected chi connectivity index (χ4v) is 1.28. The molecule has 0 rings (SSSR count). The van der Waals surface area contributed by atoms with Crippen LogP contribution in [-0.4, -0.2) is 31.7 Å². The van der Waals surface area contributed by atoms with Crippen LogP contribution in [0.1, 0.15) is 39.5 Å². The largest absolute Gasteiger partial charge is 1.00 e. The summed E-state index contributed by atoms with van der Waals surface area (Å²) in [5.41, 5.74) is 0. The summed E-state index contributed by atoms with van der Waals surface area (Å²) in [7, 11) is 4.68. The molecule has 0 saturated carbocycles. The molecule has 0 aromatic rings.